The van der Waals surface area contributed by atoms with Gasteiger partial charge in [-0.2, -0.15) is 10.1 Å². The zero-order valence-corrected chi connectivity index (χ0v) is 20.4. The molecule has 0 bridgehead atoms. The van der Waals surface area contributed by atoms with Gasteiger partial charge in [0.05, 0.1) is 13.0 Å². The number of aliphatic carboxylic acids is 1. The number of hydrogen-bond acceptors (Lipinski definition) is 5. The van der Waals surface area contributed by atoms with E-state index in [1.807, 2.05) is 41.9 Å². The van der Waals surface area contributed by atoms with Crippen molar-refractivity contribution in [1.82, 2.24) is 19.9 Å². The Bertz CT molecular complexity index is 1350. The Morgan fingerprint density at radius 1 is 1.11 bits per heavy atom. The van der Waals surface area contributed by atoms with Gasteiger partial charge in [0.15, 0.2) is 5.69 Å². The molecule has 5 rings (SSSR count). The van der Waals surface area contributed by atoms with Crippen LogP contribution in [-0.2, 0) is 23.2 Å². The SMILES string of the molecule is Cc1cc(-c2nc(-c3ccc(CC(C)C)cc3)no2)nn1Cc1cccc(C2(CC(=O)O)CC2)c1. The van der Waals surface area contributed by atoms with Crippen LogP contribution < -0.4 is 0 Å². The molecule has 1 aliphatic rings. The maximum atomic E-state index is 11.3. The summed E-state index contributed by atoms with van der Waals surface area (Å²) < 4.78 is 7.45. The van der Waals surface area contributed by atoms with E-state index in [4.69, 9.17) is 9.62 Å². The van der Waals surface area contributed by atoms with Gasteiger partial charge in [0.1, 0.15) is 0 Å². The first-order valence-corrected chi connectivity index (χ1v) is 12.1. The molecule has 0 saturated heterocycles. The average Bonchev–Trinajstić information content (AvgIpc) is 3.25. The van der Waals surface area contributed by atoms with Crippen LogP contribution in [0.15, 0.2) is 59.1 Å². The van der Waals surface area contributed by atoms with Crippen molar-refractivity contribution in [3.05, 3.63) is 77.0 Å². The van der Waals surface area contributed by atoms with E-state index in [-0.39, 0.29) is 11.8 Å². The van der Waals surface area contributed by atoms with Crippen LogP contribution in [0.1, 0.15) is 55.5 Å². The molecule has 0 spiro atoms. The Morgan fingerprint density at radius 3 is 2.57 bits per heavy atom. The summed E-state index contributed by atoms with van der Waals surface area (Å²) in [4.78, 5) is 15.9. The van der Waals surface area contributed by atoms with Gasteiger partial charge in [-0.1, -0.05) is 67.5 Å². The summed E-state index contributed by atoms with van der Waals surface area (Å²) in [5.74, 6) is 0.799. The molecule has 1 fully saturated rings. The molecule has 1 saturated carbocycles. The average molecular weight is 471 g/mol. The smallest absolute Gasteiger partial charge is 0.304 e. The number of rotatable bonds is 9. The second-order valence-corrected chi connectivity index (χ2v) is 10.1. The number of carbonyl (C=O) groups is 1. The van der Waals surface area contributed by atoms with Crippen molar-refractivity contribution in [2.24, 2.45) is 5.92 Å². The van der Waals surface area contributed by atoms with Gasteiger partial charge in [-0.3, -0.25) is 9.48 Å². The third-order valence-electron chi connectivity index (χ3n) is 6.70. The van der Waals surface area contributed by atoms with Gasteiger partial charge in [0.2, 0.25) is 5.82 Å². The van der Waals surface area contributed by atoms with Crippen LogP contribution in [0.2, 0.25) is 0 Å². The van der Waals surface area contributed by atoms with Gasteiger partial charge >= 0.3 is 5.97 Å². The predicted molar refractivity (Wildman–Crippen MR) is 133 cm³/mol. The van der Waals surface area contributed by atoms with Crippen LogP contribution in [-0.4, -0.2) is 31.0 Å². The fourth-order valence-corrected chi connectivity index (χ4v) is 4.66. The van der Waals surface area contributed by atoms with Crippen molar-refractivity contribution >= 4 is 5.97 Å². The summed E-state index contributed by atoms with van der Waals surface area (Å²) in [5.41, 5.74) is 5.80. The highest BCUT2D eigenvalue weighted by atomic mass is 16.5. The molecule has 1 N–H and O–H groups in total. The van der Waals surface area contributed by atoms with Gasteiger partial charge < -0.3 is 9.63 Å². The second-order valence-electron chi connectivity index (χ2n) is 10.1. The lowest BCUT2D eigenvalue weighted by atomic mass is 9.91. The summed E-state index contributed by atoms with van der Waals surface area (Å²) >= 11 is 0. The number of nitrogens with zero attached hydrogens (tertiary/aromatic N) is 4. The van der Waals surface area contributed by atoms with E-state index in [2.05, 4.69) is 48.3 Å². The topological polar surface area (TPSA) is 94.0 Å². The molecule has 0 unspecified atom stereocenters. The van der Waals surface area contributed by atoms with Gasteiger partial charge in [-0.25, -0.2) is 0 Å². The zero-order chi connectivity index (χ0) is 24.6. The Morgan fingerprint density at radius 2 is 1.89 bits per heavy atom. The van der Waals surface area contributed by atoms with Crippen molar-refractivity contribution in [2.75, 3.05) is 0 Å². The number of carboxylic acids is 1. The molecule has 4 aromatic rings. The molecular formula is C28H30N4O3. The van der Waals surface area contributed by atoms with Crippen LogP contribution in [0, 0.1) is 12.8 Å². The second kappa shape index (κ2) is 9.13. The molecular weight excluding hydrogens is 440 g/mol. The number of benzene rings is 2. The molecule has 0 amide bonds. The largest absolute Gasteiger partial charge is 0.481 e. The highest BCUT2D eigenvalue weighted by Crippen LogP contribution is 2.51. The normalized spacial score (nSPS) is 14.4. The molecule has 1 aliphatic carbocycles. The monoisotopic (exact) mass is 470 g/mol. The van der Waals surface area contributed by atoms with E-state index in [9.17, 15) is 9.90 Å². The highest BCUT2D eigenvalue weighted by Gasteiger charge is 2.45. The number of hydrogen-bond donors (Lipinski definition) is 1. The van der Waals surface area contributed by atoms with Gasteiger partial charge in [0, 0.05) is 16.7 Å². The molecule has 2 heterocycles. The third-order valence-corrected chi connectivity index (χ3v) is 6.70. The Hall–Kier alpha value is -3.74. The molecule has 0 radical (unpaired) electrons. The van der Waals surface area contributed by atoms with E-state index in [1.54, 1.807) is 0 Å². The van der Waals surface area contributed by atoms with Crippen molar-refractivity contribution in [3.8, 4) is 23.0 Å². The maximum Gasteiger partial charge on any atom is 0.304 e. The van der Waals surface area contributed by atoms with E-state index in [1.165, 1.54) is 5.56 Å². The first-order valence-electron chi connectivity index (χ1n) is 12.1. The molecule has 0 atom stereocenters. The lowest BCUT2D eigenvalue weighted by molar-refractivity contribution is -0.137. The molecule has 7 nitrogen and oxygen atoms in total. The van der Waals surface area contributed by atoms with Crippen molar-refractivity contribution in [3.63, 3.8) is 0 Å². The van der Waals surface area contributed by atoms with Gasteiger partial charge in [-0.15, -0.1) is 0 Å². The zero-order valence-electron chi connectivity index (χ0n) is 20.4. The fraction of sp³-hybridized carbons (Fsp3) is 0.357. The minimum atomic E-state index is -0.745. The number of carboxylic acid groups (broad SMARTS) is 1. The van der Waals surface area contributed by atoms with Crippen molar-refractivity contribution < 1.29 is 14.4 Å². The summed E-state index contributed by atoms with van der Waals surface area (Å²) in [6.07, 6.45) is 3.07. The number of aromatic nitrogens is 4. The summed E-state index contributed by atoms with van der Waals surface area (Å²) in [6.45, 7) is 7.00. The Balaban J connectivity index is 1.32. The van der Waals surface area contributed by atoms with Crippen LogP contribution in [0.25, 0.3) is 23.0 Å². The van der Waals surface area contributed by atoms with Crippen LogP contribution >= 0.6 is 0 Å². The van der Waals surface area contributed by atoms with E-state index >= 15 is 0 Å². The lowest BCUT2D eigenvalue weighted by Crippen LogP contribution is -2.13. The highest BCUT2D eigenvalue weighted by molar-refractivity contribution is 5.70. The summed E-state index contributed by atoms with van der Waals surface area (Å²) in [6, 6.07) is 18.4. The minimum Gasteiger partial charge on any atom is -0.481 e. The Labute approximate surface area is 204 Å². The number of aryl methyl sites for hydroxylation is 1. The van der Waals surface area contributed by atoms with E-state index < -0.39 is 5.97 Å². The van der Waals surface area contributed by atoms with Crippen LogP contribution in [0.4, 0.5) is 0 Å². The predicted octanol–water partition coefficient (Wildman–Crippen LogP) is 5.66. The van der Waals surface area contributed by atoms with Crippen molar-refractivity contribution in [1.29, 1.82) is 0 Å². The molecule has 0 aliphatic heterocycles. The van der Waals surface area contributed by atoms with Gasteiger partial charge in [0.25, 0.3) is 5.89 Å². The molecule has 35 heavy (non-hydrogen) atoms. The van der Waals surface area contributed by atoms with Crippen molar-refractivity contribution in [2.45, 2.75) is 58.4 Å². The first kappa shape index (κ1) is 23.0. The molecule has 2 aromatic heterocycles. The van der Waals surface area contributed by atoms with Gasteiger partial charge in [-0.05, 0) is 54.9 Å². The molecule has 7 heteroatoms. The first-order chi connectivity index (χ1) is 16.8. The maximum absolute atomic E-state index is 11.3. The standard InChI is InChI=1S/C28H30N4O3/c1-18(2)13-20-7-9-22(10-8-20)26-29-27(35-31-26)24-14-19(3)32(30-24)17-21-5-4-6-23(15-21)28(11-12-28)16-25(33)34/h4-10,14-15,18H,11-13,16-17H2,1-3H3,(H,33,34). The fourth-order valence-electron chi connectivity index (χ4n) is 4.66. The van der Waals surface area contributed by atoms with Crippen LogP contribution in [0.5, 0.6) is 0 Å². The lowest BCUT2D eigenvalue weighted by Gasteiger charge is -2.14. The van der Waals surface area contributed by atoms with Crippen LogP contribution in [0.3, 0.4) is 0 Å². The minimum absolute atomic E-state index is 0.182. The molecule has 2 aromatic carbocycles. The third kappa shape index (κ3) is 5.04. The molecule has 180 valence electrons. The van der Waals surface area contributed by atoms with E-state index in [0.29, 0.717) is 29.9 Å². The quantitative estimate of drug-likeness (QED) is 0.339. The van der Waals surface area contributed by atoms with E-state index in [0.717, 1.165) is 41.6 Å². The Kier molecular flexibility index (Phi) is 6.01. The summed E-state index contributed by atoms with van der Waals surface area (Å²) in [7, 11) is 0. The summed E-state index contributed by atoms with van der Waals surface area (Å²) in [5, 5.41) is 18.2.